The molecule has 1 fully saturated rings. The Morgan fingerprint density at radius 1 is 1.21 bits per heavy atom. The summed E-state index contributed by atoms with van der Waals surface area (Å²) in [5.41, 5.74) is 1.25. The van der Waals surface area contributed by atoms with Gasteiger partial charge in [-0.1, -0.05) is 17.7 Å². The number of ether oxygens (including phenoxy) is 1. The van der Waals surface area contributed by atoms with Crippen LogP contribution in [0.2, 0.25) is 5.02 Å². The maximum Gasteiger partial charge on any atom is 0.335 e. The zero-order valence-electron chi connectivity index (χ0n) is 14.7. The minimum Gasteiger partial charge on any atom is -0.504 e. The number of nitrogens with one attached hydrogen (secondary N) is 1. The average molecular weight is 513 g/mol. The maximum atomic E-state index is 12.9. The van der Waals surface area contributed by atoms with Gasteiger partial charge < -0.3 is 9.84 Å². The summed E-state index contributed by atoms with van der Waals surface area (Å²) < 4.78 is 5.57. The molecule has 0 aromatic heterocycles. The average Bonchev–Trinajstić information content (AvgIpc) is 2.64. The number of phenols is 1. The molecule has 0 atom stereocenters. The topological polar surface area (TPSA) is 95.9 Å². The van der Waals surface area contributed by atoms with Crippen LogP contribution in [0.15, 0.2) is 35.9 Å². The highest BCUT2D eigenvalue weighted by molar-refractivity contribution is 14.1. The summed E-state index contributed by atoms with van der Waals surface area (Å²) in [7, 11) is 1.39. The van der Waals surface area contributed by atoms with Gasteiger partial charge in [-0.05, 0) is 71.0 Å². The van der Waals surface area contributed by atoms with Gasteiger partial charge in [0.25, 0.3) is 11.8 Å². The summed E-state index contributed by atoms with van der Waals surface area (Å²) in [4.78, 5) is 38.3. The number of carbonyl (C=O) groups excluding carboxylic acids is 3. The Hall–Kier alpha value is -2.59. The molecule has 1 aliphatic heterocycles. The first-order valence-corrected chi connectivity index (χ1v) is 9.42. The SMILES string of the molecule is COc1cc(/C=C2/C(=O)NC(=O)N(c3ccc(C)c(Cl)c3)C2=O)cc(I)c1O. The van der Waals surface area contributed by atoms with Crippen molar-refractivity contribution in [3.05, 3.63) is 55.6 Å². The van der Waals surface area contributed by atoms with Gasteiger partial charge in [-0.2, -0.15) is 0 Å². The van der Waals surface area contributed by atoms with Crippen LogP contribution in [0.3, 0.4) is 0 Å². The van der Waals surface area contributed by atoms with Crippen LogP contribution in [0.4, 0.5) is 10.5 Å². The molecule has 1 heterocycles. The van der Waals surface area contributed by atoms with E-state index >= 15 is 0 Å². The number of aromatic hydroxyl groups is 1. The van der Waals surface area contributed by atoms with E-state index < -0.39 is 17.8 Å². The van der Waals surface area contributed by atoms with Crippen LogP contribution >= 0.6 is 34.2 Å². The van der Waals surface area contributed by atoms with E-state index in [1.54, 1.807) is 25.1 Å². The number of urea groups is 1. The molecule has 0 saturated carbocycles. The summed E-state index contributed by atoms with van der Waals surface area (Å²) >= 11 is 8.00. The number of carbonyl (C=O) groups is 3. The number of hydrogen-bond donors (Lipinski definition) is 2. The fraction of sp³-hybridized carbons (Fsp3) is 0.105. The van der Waals surface area contributed by atoms with Gasteiger partial charge in [0.1, 0.15) is 5.57 Å². The number of halogens is 2. The third kappa shape index (κ3) is 3.69. The number of aryl methyl sites for hydroxylation is 1. The van der Waals surface area contributed by atoms with Gasteiger partial charge in [0.05, 0.1) is 16.4 Å². The zero-order chi connectivity index (χ0) is 20.6. The third-order valence-electron chi connectivity index (χ3n) is 4.10. The number of benzene rings is 2. The largest absolute Gasteiger partial charge is 0.504 e. The fourth-order valence-corrected chi connectivity index (χ4v) is 3.41. The van der Waals surface area contributed by atoms with Crippen molar-refractivity contribution in [3.63, 3.8) is 0 Å². The highest BCUT2D eigenvalue weighted by Gasteiger charge is 2.37. The minimum atomic E-state index is -0.857. The summed E-state index contributed by atoms with van der Waals surface area (Å²) in [6.45, 7) is 1.79. The van der Waals surface area contributed by atoms with Crippen molar-refractivity contribution < 1.29 is 24.2 Å². The number of anilines is 1. The van der Waals surface area contributed by atoms with Gasteiger partial charge in [-0.3, -0.25) is 14.9 Å². The number of phenolic OH excluding ortho intramolecular Hbond substituents is 1. The van der Waals surface area contributed by atoms with Crippen molar-refractivity contribution in [1.29, 1.82) is 0 Å². The molecule has 0 aliphatic carbocycles. The number of methoxy groups -OCH3 is 1. The predicted octanol–water partition coefficient (Wildman–Crippen LogP) is 3.63. The maximum absolute atomic E-state index is 12.9. The van der Waals surface area contributed by atoms with E-state index in [0.717, 1.165) is 10.5 Å². The van der Waals surface area contributed by atoms with Crippen LogP contribution < -0.4 is 15.0 Å². The normalized spacial score (nSPS) is 15.8. The number of amides is 4. The third-order valence-corrected chi connectivity index (χ3v) is 5.33. The highest BCUT2D eigenvalue weighted by Crippen LogP contribution is 2.33. The van der Waals surface area contributed by atoms with Crippen molar-refractivity contribution in [2.75, 3.05) is 12.0 Å². The summed E-state index contributed by atoms with van der Waals surface area (Å²) in [5.74, 6) is -1.45. The second-order valence-corrected chi connectivity index (χ2v) is 7.51. The van der Waals surface area contributed by atoms with Crippen molar-refractivity contribution in [2.24, 2.45) is 0 Å². The predicted molar refractivity (Wildman–Crippen MR) is 113 cm³/mol. The first kappa shape index (κ1) is 20.2. The molecule has 4 amide bonds. The Morgan fingerprint density at radius 2 is 1.93 bits per heavy atom. The molecule has 0 bridgehead atoms. The van der Waals surface area contributed by atoms with Crippen LogP contribution in [0.1, 0.15) is 11.1 Å². The van der Waals surface area contributed by atoms with E-state index in [9.17, 15) is 19.5 Å². The smallest absolute Gasteiger partial charge is 0.335 e. The molecule has 1 saturated heterocycles. The Balaban J connectivity index is 2.06. The molecule has 0 radical (unpaired) electrons. The second kappa shape index (κ2) is 7.80. The molecule has 1 aliphatic rings. The molecule has 2 N–H and O–H groups in total. The monoisotopic (exact) mass is 512 g/mol. The number of barbiturate groups is 1. The van der Waals surface area contributed by atoms with Crippen molar-refractivity contribution in [3.8, 4) is 11.5 Å². The molecular weight excluding hydrogens is 499 g/mol. The lowest BCUT2D eigenvalue weighted by Gasteiger charge is -2.26. The van der Waals surface area contributed by atoms with Crippen LogP contribution in [-0.4, -0.2) is 30.1 Å². The lowest BCUT2D eigenvalue weighted by molar-refractivity contribution is -0.122. The van der Waals surface area contributed by atoms with Crippen LogP contribution in [0.25, 0.3) is 6.08 Å². The summed E-state index contributed by atoms with van der Waals surface area (Å²) in [6, 6.07) is 6.92. The van der Waals surface area contributed by atoms with Gasteiger partial charge in [0.2, 0.25) is 0 Å². The second-order valence-electron chi connectivity index (χ2n) is 5.94. The summed E-state index contributed by atoms with van der Waals surface area (Å²) in [5, 5.41) is 12.5. The first-order chi connectivity index (χ1) is 13.2. The zero-order valence-corrected chi connectivity index (χ0v) is 17.7. The molecule has 28 heavy (non-hydrogen) atoms. The van der Waals surface area contributed by atoms with Gasteiger partial charge in [0, 0.05) is 5.02 Å². The van der Waals surface area contributed by atoms with Crippen molar-refractivity contribution in [1.82, 2.24) is 5.32 Å². The van der Waals surface area contributed by atoms with E-state index in [-0.39, 0.29) is 22.8 Å². The minimum absolute atomic E-state index is 0.0456. The number of nitrogens with zero attached hydrogens (tertiary/aromatic N) is 1. The molecule has 7 nitrogen and oxygen atoms in total. The van der Waals surface area contributed by atoms with E-state index in [1.165, 1.54) is 25.3 Å². The molecule has 2 aromatic carbocycles. The molecule has 9 heteroatoms. The molecule has 3 rings (SSSR count). The molecular formula is C19H14ClIN2O5. The quantitative estimate of drug-likeness (QED) is 0.372. The number of rotatable bonds is 3. The Labute approximate surface area is 179 Å². The Bertz CT molecular complexity index is 1050. The van der Waals surface area contributed by atoms with Gasteiger partial charge in [0.15, 0.2) is 11.5 Å². The molecule has 0 unspecified atom stereocenters. The van der Waals surface area contributed by atoms with E-state index in [2.05, 4.69) is 5.32 Å². The van der Waals surface area contributed by atoms with Gasteiger partial charge >= 0.3 is 6.03 Å². The summed E-state index contributed by atoms with van der Waals surface area (Å²) in [6.07, 6.45) is 1.33. The lowest BCUT2D eigenvalue weighted by Crippen LogP contribution is -2.54. The Morgan fingerprint density at radius 3 is 2.57 bits per heavy atom. The lowest BCUT2D eigenvalue weighted by atomic mass is 10.1. The fourth-order valence-electron chi connectivity index (χ4n) is 2.61. The molecule has 0 spiro atoms. The molecule has 2 aromatic rings. The van der Waals surface area contributed by atoms with Crippen LogP contribution in [0.5, 0.6) is 11.5 Å². The standard InChI is InChI=1S/C19H14ClIN2O5/c1-9-3-4-11(8-13(9)20)23-18(26)12(17(25)22-19(23)27)5-10-6-14(21)16(24)15(7-10)28-2/h3-8,24H,1-2H3,(H,22,25,27)/b12-5-. The highest BCUT2D eigenvalue weighted by atomic mass is 127. The van der Waals surface area contributed by atoms with Crippen LogP contribution in [-0.2, 0) is 9.59 Å². The van der Waals surface area contributed by atoms with Gasteiger partial charge in [-0.25, -0.2) is 9.69 Å². The van der Waals surface area contributed by atoms with E-state index in [0.29, 0.717) is 14.2 Å². The Kier molecular flexibility index (Phi) is 5.61. The van der Waals surface area contributed by atoms with Crippen molar-refractivity contribution >= 4 is 63.8 Å². The first-order valence-electron chi connectivity index (χ1n) is 7.97. The number of hydrogen-bond acceptors (Lipinski definition) is 5. The van der Waals surface area contributed by atoms with Gasteiger partial charge in [-0.15, -0.1) is 0 Å². The van der Waals surface area contributed by atoms with E-state index in [1.807, 2.05) is 22.6 Å². The number of imide groups is 2. The van der Waals surface area contributed by atoms with Crippen molar-refractivity contribution in [2.45, 2.75) is 6.92 Å². The molecule has 144 valence electrons. The van der Waals surface area contributed by atoms with Crippen LogP contribution in [0, 0.1) is 10.5 Å². The van der Waals surface area contributed by atoms with E-state index in [4.69, 9.17) is 16.3 Å².